The molecule has 0 aliphatic carbocycles. The summed E-state index contributed by atoms with van der Waals surface area (Å²) in [6, 6.07) is 6.06. The molecule has 0 amide bonds. The average Bonchev–Trinajstić information content (AvgIpc) is 2.15. The first-order chi connectivity index (χ1) is 6.93. The van der Waals surface area contributed by atoms with Crippen LogP contribution in [0.25, 0.3) is 6.08 Å². The van der Waals surface area contributed by atoms with E-state index in [2.05, 4.69) is 0 Å². The second-order valence-corrected chi connectivity index (χ2v) is 3.36. The summed E-state index contributed by atoms with van der Waals surface area (Å²) in [4.78, 5) is 0. The van der Waals surface area contributed by atoms with E-state index in [1.54, 1.807) is 0 Å². The Morgan fingerprint density at radius 1 is 1.27 bits per heavy atom. The summed E-state index contributed by atoms with van der Waals surface area (Å²) < 4.78 is 36.9. The van der Waals surface area contributed by atoms with E-state index in [-0.39, 0.29) is 0 Å². The van der Waals surface area contributed by atoms with Crippen LogP contribution in [0.4, 0.5) is 13.2 Å². The molecule has 1 aromatic carbocycles. The van der Waals surface area contributed by atoms with E-state index in [0.717, 1.165) is 6.08 Å². The second kappa shape index (κ2) is 4.68. The number of benzene rings is 1. The highest BCUT2D eigenvalue weighted by atomic mass is 35.5. The fourth-order valence-electron chi connectivity index (χ4n) is 1.02. The smallest absolute Gasteiger partial charge is 0.326 e. The molecule has 0 spiro atoms. The Kier molecular flexibility index (Phi) is 3.77. The Bertz CT molecular complexity index is 354. The second-order valence-electron chi connectivity index (χ2n) is 2.92. The van der Waals surface area contributed by atoms with Crippen LogP contribution < -0.4 is 5.73 Å². The first-order valence-electron chi connectivity index (χ1n) is 4.17. The highest BCUT2D eigenvalue weighted by Gasteiger charge is 2.32. The van der Waals surface area contributed by atoms with Gasteiger partial charge >= 0.3 is 6.18 Å². The average molecular weight is 236 g/mol. The topological polar surface area (TPSA) is 26.0 Å². The standard InChI is InChI=1S/C10H9ClF3N/c11-9-3-1-7(2-4-9)5-8(6-15)10(12,13)14/h1-5H,6,15H2/b8-5+. The van der Waals surface area contributed by atoms with Gasteiger partial charge in [-0.2, -0.15) is 13.2 Å². The lowest BCUT2D eigenvalue weighted by Gasteiger charge is -2.09. The highest BCUT2D eigenvalue weighted by Crippen LogP contribution is 2.26. The molecule has 82 valence electrons. The molecule has 1 nitrogen and oxygen atoms in total. The third-order valence-corrected chi connectivity index (χ3v) is 2.05. The number of alkyl halides is 3. The summed E-state index contributed by atoms with van der Waals surface area (Å²) in [6.07, 6.45) is -3.37. The maximum Gasteiger partial charge on any atom is 0.413 e. The molecule has 0 aliphatic heterocycles. The molecule has 0 bridgehead atoms. The van der Waals surface area contributed by atoms with Gasteiger partial charge in [-0.15, -0.1) is 0 Å². The fourth-order valence-corrected chi connectivity index (χ4v) is 1.14. The largest absolute Gasteiger partial charge is 0.413 e. The lowest BCUT2D eigenvalue weighted by Crippen LogP contribution is -2.19. The van der Waals surface area contributed by atoms with Crippen LogP contribution in [0.5, 0.6) is 0 Å². The summed E-state index contributed by atoms with van der Waals surface area (Å²) in [5, 5.41) is 0.480. The van der Waals surface area contributed by atoms with Gasteiger partial charge in [0.1, 0.15) is 0 Å². The SMILES string of the molecule is NC/C(=C\c1ccc(Cl)cc1)C(F)(F)F. The van der Waals surface area contributed by atoms with Gasteiger partial charge in [0.25, 0.3) is 0 Å². The molecular formula is C10H9ClF3N. The lowest BCUT2D eigenvalue weighted by molar-refractivity contribution is -0.0912. The molecule has 0 atom stereocenters. The minimum atomic E-state index is -4.38. The zero-order valence-electron chi connectivity index (χ0n) is 7.68. The van der Waals surface area contributed by atoms with Gasteiger partial charge in [0.2, 0.25) is 0 Å². The van der Waals surface area contributed by atoms with Crippen molar-refractivity contribution in [1.29, 1.82) is 0 Å². The van der Waals surface area contributed by atoms with Gasteiger partial charge in [0.05, 0.1) is 0 Å². The molecule has 2 N–H and O–H groups in total. The van der Waals surface area contributed by atoms with Crippen LogP contribution in [0, 0.1) is 0 Å². The van der Waals surface area contributed by atoms with Crippen LogP contribution in [-0.4, -0.2) is 12.7 Å². The van der Waals surface area contributed by atoms with E-state index in [1.165, 1.54) is 24.3 Å². The quantitative estimate of drug-likeness (QED) is 0.837. The first-order valence-corrected chi connectivity index (χ1v) is 4.54. The van der Waals surface area contributed by atoms with Crippen molar-refractivity contribution in [3.63, 3.8) is 0 Å². The van der Waals surface area contributed by atoms with Crippen LogP contribution in [0.3, 0.4) is 0 Å². The summed E-state index contributed by atoms with van der Waals surface area (Å²) in [5.41, 5.74) is 4.69. The molecule has 0 unspecified atom stereocenters. The van der Waals surface area contributed by atoms with Crippen molar-refractivity contribution in [2.75, 3.05) is 6.54 Å². The Morgan fingerprint density at radius 3 is 2.20 bits per heavy atom. The number of nitrogens with two attached hydrogens (primary N) is 1. The lowest BCUT2D eigenvalue weighted by atomic mass is 10.1. The summed E-state index contributed by atoms with van der Waals surface area (Å²) in [6.45, 7) is -0.536. The van der Waals surface area contributed by atoms with Gasteiger partial charge in [-0.1, -0.05) is 23.7 Å². The monoisotopic (exact) mass is 235 g/mol. The molecule has 15 heavy (non-hydrogen) atoms. The van der Waals surface area contributed by atoms with Crippen LogP contribution in [0.15, 0.2) is 29.8 Å². The van der Waals surface area contributed by atoms with E-state index in [4.69, 9.17) is 17.3 Å². The molecule has 0 aromatic heterocycles. The van der Waals surface area contributed by atoms with Crippen LogP contribution in [0.1, 0.15) is 5.56 Å². The Hall–Kier alpha value is -1.00. The molecule has 0 heterocycles. The van der Waals surface area contributed by atoms with Gasteiger partial charge in [0.15, 0.2) is 0 Å². The predicted octanol–water partition coefficient (Wildman–Crippen LogP) is 3.24. The third kappa shape index (κ3) is 3.57. The van der Waals surface area contributed by atoms with Crippen molar-refractivity contribution < 1.29 is 13.2 Å². The minimum Gasteiger partial charge on any atom is -0.326 e. The van der Waals surface area contributed by atoms with E-state index in [9.17, 15) is 13.2 Å². The molecule has 1 aromatic rings. The third-order valence-electron chi connectivity index (χ3n) is 1.79. The van der Waals surface area contributed by atoms with E-state index < -0.39 is 18.3 Å². The Labute approximate surface area is 90.3 Å². The molecule has 1 rings (SSSR count). The first kappa shape index (κ1) is 12.1. The van der Waals surface area contributed by atoms with Crippen molar-refractivity contribution in [2.45, 2.75) is 6.18 Å². The van der Waals surface area contributed by atoms with Gasteiger partial charge in [0, 0.05) is 17.1 Å². The van der Waals surface area contributed by atoms with Gasteiger partial charge in [-0.3, -0.25) is 0 Å². The summed E-state index contributed by atoms with van der Waals surface area (Å²) in [7, 11) is 0. The molecule has 5 heteroatoms. The zero-order valence-corrected chi connectivity index (χ0v) is 8.44. The number of halogens is 4. The molecule has 0 fully saturated rings. The van der Waals surface area contributed by atoms with Gasteiger partial charge in [-0.25, -0.2) is 0 Å². The van der Waals surface area contributed by atoms with Crippen molar-refractivity contribution in [1.82, 2.24) is 0 Å². The van der Waals surface area contributed by atoms with Crippen molar-refractivity contribution in [3.05, 3.63) is 40.4 Å². The molecule has 0 radical (unpaired) electrons. The van der Waals surface area contributed by atoms with Gasteiger partial charge in [-0.05, 0) is 23.8 Å². The zero-order chi connectivity index (χ0) is 11.5. The Morgan fingerprint density at radius 2 is 1.80 bits per heavy atom. The van der Waals surface area contributed by atoms with E-state index >= 15 is 0 Å². The maximum atomic E-state index is 12.3. The van der Waals surface area contributed by atoms with E-state index in [1.807, 2.05) is 0 Å². The minimum absolute atomic E-state index is 0.428. The van der Waals surface area contributed by atoms with Crippen LogP contribution in [0.2, 0.25) is 5.02 Å². The molecule has 0 saturated carbocycles. The summed E-state index contributed by atoms with van der Waals surface area (Å²) in [5.74, 6) is 0. The normalized spacial score (nSPS) is 13.0. The maximum absolute atomic E-state index is 12.3. The molecular weight excluding hydrogens is 227 g/mol. The van der Waals surface area contributed by atoms with E-state index in [0.29, 0.717) is 10.6 Å². The summed E-state index contributed by atoms with van der Waals surface area (Å²) >= 11 is 5.60. The fraction of sp³-hybridized carbons (Fsp3) is 0.200. The number of rotatable bonds is 2. The highest BCUT2D eigenvalue weighted by molar-refractivity contribution is 6.30. The predicted molar refractivity (Wildman–Crippen MR) is 54.5 cm³/mol. The van der Waals surface area contributed by atoms with Crippen molar-refractivity contribution in [2.24, 2.45) is 5.73 Å². The van der Waals surface area contributed by atoms with Crippen LogP contribution in [-0.2, 0) is 0 Å². The molecule has 0 aliphatic rings. The van der Waals surface area contributed by atoms with Crippen LogP contribution >= 0.6 is 11.6 Å². The van der Waals surface area contributed by atoms with Crippen molar-refractivity contribution >= 4 is 17.7 Å². The number of hydrogen-bond acceptors (Lipinski definition) is 1. The van der Waals surface area contributed by atoms with Crippen molar-refractivity contribution in [3.8, 4) is 0 Å². The van der Waals surface area contributed by atoms with Gasteiger partial charge < -0.3 is 5.73 Å². The number of hydrogen-bond donors (Lipinski definition) is 1. The molecule has 0 saturated heterocycles. The Balaban J connectivity index is 2.99.